The van der Waals surface area contributed by atoms with Crippen LogP contribution in [0.25, 0.3) is 22.0 Å². The maximum Gasteiger partial charge on any atom is 0.573 e. The zero-order valence-corrected chi connectivity index (χ0v) is 29.4. The van der Waals surface area contributed by atoms with Crippen LogP contribution in [0, 0.1) is 6.92 Å². The summed E-state index contributed by atoms with van der Waals surface area (Å²) in [5, 5.41) is 10.7. The average molecular weight is 716 g/mol. The van der Waals surface area contributed by atoms with Gasteiger partial charge in [0.1, 0.15) is 23.0 Å². The number of esters is 1. The molecule has 0 spiro atoms. The van der Waals surface area contributed by atoms with Crippen LogP contribution in [-0.4, -0.2) is 29.2 Å². The highest BCUT2D eigenvalue weighted by molar-refractivity contribution is 6.32. The van der Waals surface area contributed by atoms with Crippen LogP contribution in [0.1, 0.15) is 95.2 Å². The van der Waals surface area contributed by atoms with E-state index in [0.717, 1.165) is 24.8 Å². The number of benzene rings is 3. The van der Waals surface area contributed by atoms with E-state index in [1.165, 1.54) is 75.6 Å². The third kappa shape index (κ3) is 12.1. The van der Waals surface area contributed by atoms with E-state index in [0.29, 0.717) is 56.4 Å². The van der Waals surface area contributed by atoms with Crippen LogP contribution in [0.3, 0.4) is 0 Å². The number of alkyl halides is 3. The summed E-state index contributed by atoms with van der Waals surface area (Å²) in [6.07, 6.45) is 8.63. The third-order valence-corrected chi connectivity index (χ3v) is 8.65. The van der Waals surface area contributed by atoms with E-state index in [1.54, 1.807) is 36.4 Å². The number of nitrogens with zero attached hydrogens (tertiary/aromatic N) is 1. The normalized spacial score (nSPS) is 11.5. The molecule has 1 N–H and O–H groups in total. The van der Waals surface area contributed by atoms with Crippen molar-refractivity contribution < 1.29 is 42.0 Å². The highest BCUT2D eigenvalue weighted by Gasteiger charge is 2.31. The molecule has 0 bridgehead atoms. The molecule has 0 atom stereocenters. The third-order valence-electron chi connectivity index (χ3n) is 8.30. The number of carbonyl (C=O) groups is 1. The van der Waals surface area contributed by atoms with Crippen molar-refractivity contribution in [3.8, 4) is 34.1 Å². The maximum atomic E-state index is 12.5. The van der Waals surface area contributed by atoms with Gasteiger partial charge >= 0.3 is 12.3 Å². The van der Waals surface area contributed by atoms with Crippen molar-refractivity contribution in [2.24, 2.45) is 0 Å². The van der Waals surface area contributed by atoms with Crippen molar-refractivity contribution in [2.45, 2.75) is 104 Å². The molecule has 1 heterocycles. The lowest BCUT2D eigenvalue weighted by Gasteiger charge is -2.18. The van der Waals surface area contributed by atoms with Crippen molar-refractivity contribution in [1.82, 2.24) is 4.98 Å². The summed E-state index contributed by atoms with van der Waals surface area (Å²) in [6, 6.07) is 15.5. The molecule has 0 aliphatic carbocycles. The molecule has 7 nitrogen and oxygen atoms in total. The smallest absolute Gasteiger partial charge is 0.457 e. The number of rotatable bonds is 20. The highest BCUT2D eigenvalue weighted by atomic mass is 35.5. The van der Waals surface area contributed by atoms with Crippen molar-refractivity contribution in [2.75, 3.05) is 6.79 Å². The number of halogens is 4. The van der Waals surface area contributed by atoms with Crippen molar-refractivity contribution in [3.63, 3.8) is 0 Å². The fraction of sp³-hybridized carbons (Fsp3) is 0.436. The summed E-state index contributed by atoms with van der Waals surface area (Å²) in [5.41, 5.74) is 3.07. The molecule has 0 aliphatic rings. The monoisotopic (exact) mass is 715 g/mol. The van der Waals surface area contributed by atoms with Gasteiger partial charge in [-0.2, -0.15) is 0 Å². The first-order valence-corrected chi connectivity index (χ1v) is 17.6. The lowest BCUT2D eigenvalue weighted by atomic mass is 9.99. The number of unbranched alkanes of at least 4 members (excludes halogenated alkanes) is 10. The molecule has 0 amide bonds. The second-order valence-corrected chi connectivity index (χ2v) is 12.6. The molecule has 50 heavy (non-hydrogen) atoms. The van der Waals surface area contributed by atoms with Gasteiger partial charge in [0.2, 0.25) is 6.79 Å². The van der Waals surface area contributed by atoms with Crippen LogP contribution in [0.4, 0.5) is 13.2 Å². The zero-order chi connectivity index (χ0) is 35.9. The predicted molar refractivity (Wildman–Crippen MR) is 189 cm³/mol. The standard InChI is InChI=1S/C39H45ClF3NO6/c1-3-4-5-6-7-8-9-10-11-12-13-14-36(46)47-26-48-38-33-24-34(40)29(25-45)23-35(33)44-27(2)37(38)28-15-17-30(18-16-28)49-31-19-21-32(22-20-31)50-39(41,42)43/h15-24,45H,3-14,25-26H2,1-2H3. The number of hydrogen-bond acceptors (Lipinski definition) is 7. The number of hydrogen-bond donors (Lipinski definition) is 1. The molecule has 0 saturated heterocycles. The fourth-order valence-corrected chi connectivity index (χ4v) is 5.94. The molecule has 11 heteroatoms. The van der Waals surface area contributed by atoms with Crippen molar-refractivity contribution in [3.05, 3.63) is 76.9 Å². The van der Waals surface area contributed by atoms with Gasteiger partial charge in [0.25, 0.3) is 0 Å². The van der Waals surface area contributed by atoms with Crippen molar-refractivity contribution >= 4 is 28.5 Å². The van der Waals surface area contributed by atoms with Crippen LogP contribution in [-0.2, 0) is 16.1 Å². The van der Waals surface area contributed by atoms with Crippen LogP contribution in [0.2, 0.25) is 5.02 Å². The van der Waals surface area contributed by atoms with E-state index in [2.05, 4.69) is 11.7 Å². The lowest BCUT2D eigenvalue weighted by Crippen LogP contribution is -2.16. The Morgan fingerprint density at radius 2 is 1.38 bits per heavy atom. The first kappa shape index (κ1) is 38.8. The Labute approximate surface area is 296 Å². The van der Waals surface area contributed by atoms with E-state index < -0.39 is 6.36 Å². The Balaban J connectivity index is 1.39. The molecule has 0 radical (unpaired) electrons. The summed E-state index contributed by atoms with van der Waals surface area (Å²) in [4.78, 5) is 17.3. The minimum Gasteiger partial charge on any atom is -0.457 e. The molecule has 0 aliphatic heterocycles. The number of aromatic nitrogens is 1. The van der Waals surface area contributed by atoms with Crippen LogP contribution in [0.15, 0.2) is 60.7 Å². The Morgan fingerprint density at radius 1 is 0.820 bits per heavy atom. The maximum absolute atomic E-state index is 12.5. The number of fused-ring (bicyclic) bond motifs is 1. The zero-order valence-electron chi connectivity index (χ0n) is 28.6. The second-order valence-electron chi connectivity index (χ2n) is 12.2. The van der Waals surface area contributed by atoms with E-state index in [9.17, 15) is 23.1 Å². The largest absolute Gasteiger partial charge is 0.573 e. The number of aliphatic hydroxyl groups is 1. The van der Waals surface area contributed by atoms with Gasteiger partial charge in [-0.15, -0.1) is 13.2 Å². The first-order chi connectivity index (χ1) is 24.1. The van der Waals surface area contributed by atoms with Gasteiger partial charge < -0.3 is 24.1 Å². The van der Waals surface area contributed by atoms with Crippen molar-refractivity contribution in [1.29, 1.82) is 0 Å². The molecule has 0 saturated carbocycles. The summed E-state index contributed by atoms with van der Waals surface area (Å²) in [7, 11) is 0. The number of carbonyl (C=O) groups excluding carboxylic acids is 1. The highest BCUT2D eigenvalue weighted by Crippen LogP contribution is 2.41. The number of aryl methyl sites for hydroxylation is 1. The average Bonchev–Trinajstić information content (AvgIpc) is 3.08. The van der Waals surface area contributed by atoms with Gasteiger partial charge in [0.05, 0.1) is 12.1 Å². The van der Waals surface area contributed by atoms with Gasteiger partial charge in [-0.25, -0.2) is 0 Å². The molecule has 3 aromatic carbocycles. The Bertz CT molecular complexity index is 1660. The number of ether oxygens (including phenoxy) is 4. The fourth-order valence-electron chi connectivity index (χ4n) is 5.72. The van der Waals surface area contributed by atoms with E-state index in [-0.39, 0.29) is 25.1 Å². The van der Waals surface area contributed by atoms with Crippen LogP contribution < -0.4 is 14.2 Å². The molecular weight excluding hydrogens is 671 g/mol. The summed E-state index contributed by atoms with van der Waals surface area (Å²) >= 11 is 6.46. The van der Waals surface area contributed by atoms with Gasteiger partial charge in [0, 0.05) is 28.1 Å². The second kappa shape index (κ2) is 19.4. The lowest BCUT2D eigenvalue weighted by molar-refractivity contribution is -0.274. The number of aliphatic hydroxyl groups excluding tert-OH is 1. The quantitative estimate of drug-likeness (QED) is 0.0553. The summed E-state index contributed by atoms with van der Waals surface area (Å²) in [6.45, 7) is 3.48. The molecule has 0 unspecified atom stereocenters. The van der Waals surface area contributed by atoms with Gasteiger partial charge in [-0.1, -0.05) is 94.9 Å². The van der Waals surface area contributed by atoms with E-state index in [4.69, 9.17) is 30.8 Å². The van der Waals surface area contributed by atoms with Gasteiger partial charge in [0.15, 0.2) is 0 Å². The van der Waals surface area contributed by atoms with Gasteiger partial charge in [-0.3, -0.25) is 9.78 Å². The molecule has 4 aromatic rings. The Morgan fingerprint density at radius 3 is 1.96 bits per heavy atom. The van der Waals surface area contributed by atoms with Gasteiger partial charge in [-0.05, 0) is 73.0 Å². The van der Waals surface area contributed by atoms with Crippen LogP contribution >= 0.6 is 11.6 Å². The predicted octanol–water partition coefficient (Wildman–Crippen LogP) is 11.6. The molecule has 1 aromatic heterocycles. The van der Waals surface area contributed by atoms with Crippen LogP contribution in [0.5, 0.6) is 23.0 Å². The van der Waals surface area contributed by atoms with E-state index >= 15 is 0 Å². The molecule has 270 valence electrons. The topological polar surface area (TPSA) is 87.1 Å². The summed E-state index contributed by atoms with van der Waals surface area (Å²) < 4.78 is 58.8. The number of pyridine rings is 1. The molecule has 4 rings (SSSR count). The summed E-state index contributed by atoms with van der Waals surface area (Å²) in [5.74, 6) is 0.495. The Kier molecular flexibility index (Phi) is 15.0. The Hall–Kier alpha value is -4.02. The van der Waals surface area contributed by atoms with E-state index in [1.807, 2.05) is 6.92 Å². The molecular formula is C39H45ClF3NO6. The minimum atomic E-state index is -4.78. The molecule has 0 fully saturated rings. The SMILES string of the molecule is CCCCCCCCCCCCCC(=O)OCOc1c(-c2ccc(Oc3ccc(OC(F)(F)F)cc3)cc2)c(C)nc2cc(CO)c(Cl)cc12. The first-order valence-electron chi connectivity index (χ1n) is 17.2. The minimum absolute atomic E-state index is 0.260.